The second-order valence-corrected chi connectivity index (χ2v) is 19.7. The first kappa shape index (κ1) is 13.1. The fourth-order valence-corrected chi connectivity index (χ4v) is 8.05. The molecule has 0 amide bonds. The van der Waals surface area contributed by atoms with Crippen molar-refractivity contribution in [3.8, 4) is 0 Å². The van der Waals surface area contributed by atoms with Gasteiger partial charge in [-0.1, -0.05) is 0 Å². The van der Waals surface area contributed by atoms with Crippen molar-refractivity contribution in [2.24, 2.45) is 0 Å². The van der Waals surface area contributed by atoms with Gasteiger partial charge in [-0.3, -0.25) is 0 Å². The van der Waals surface area contributed by atoms with Crippen LogP contribution in [-0.2, 0) is 9.53 Å². The average Bonchev–Trinajstić information content (AvgIpc) is 2.17. The maximum absolute atomic E-state index is 11.8. The molecule has 0 aliphatic heterocycles. The number of carbonyl (C=O) groups is 1. The number of esters is 1. The molecule has 3 heteroatoms. The molecular weight excluding hydrogens is 295 g/mol. The van der Waals surface area contributed by atoms with Gasteiger partial charge in [0, 0.05) is 0 Å². The van der Waals surface area contributed by atoms with Gasteiger partial charge in [0.2, 0.25) is 0 Å². The summed E-state index contributed by atoms with van der Waals surface area (Å²) in [5.41, 5.74) is 1.03. The molecule has 1 rings (SSSR count). The quantitative estimate of drug-likeness (QED) is 0.590. The van der Waals surface area contributed by atoms with Crippen LogP contribution in [0.5, 0.6) is 0 Å². The van der Waals surface area contributed by atoms with E-state index in [9.17, 15) is 4.79 Å². The third kappa shape index (κ3) is 3.50. The van der Waals surface area contributed by atoms with E-state index in [1.165, 1.54) is 10.0 Å². The summed E-state index contributed by atoms with van der Waals surface area (Å²) >= 11 is -2.07. The number of hydrogen-bond donors (Lipinski definition) is 0. The SMILES string of the molecule is CCOC(=O)C1=[C]([Sn]([CH3])([CH3])[CH3])CCCC1. The predicted octanol–water partition coefficient (Wildman–Crippen LogP) is 3.30. The van der Waals surface area contributed by atoms with Gasteiger partial charge in [0.15, 0.2) is 0 Å². The normalized spacial score (nSPS) is 17.9. The summed E-state index contributed by atoms with van der Waals surface area (Å²) in [6.07, 6.45) is 4.50. The molecule has 0 aromatic heterocycles. The van der Waals surface area contributed by atoms with Crippen molar-refractivity contribution in [1.82, 2.24) is 0 Å². The van der Waals surface area contributed by atoms with Gasteiger partial charge >= 0.3 is 97.1 Å². The Kier molecular flexibility index (Phi) is 4.68. The third-order valence-corrected chi connectivity index (χ3v) is 9.64. The van der Waals surface area contributed by atoms with Gasteiger partial charge in [-0.15, -0.1) is 0 Å². The van der Waals surface area contributed by atoms with Crippen molar-refractivity contribution in [3.05, 3.63) is 9.16 Å². The Morgan fingerprint density at radius 1 is 1.27 bits per heavy atom. The second-order valence-electron chi connectivity index (χ2n) is 5.13. The topological polar surface area (TPSA) is 26.3 Å². The zero-order valence-electron chi connectivity index (χ0n) is 10.4. The van der Waals surface area contributed by atoms with Crippen LogP contribution >= 0.6 is 0 Å². The Hall–Kier alpha value is 0.00870. The Labute approximate surface area is 97.0 Å². The number of allylic oxidation sites excluding steroid dienone is 1. The van der Waals surface area contributed by atoms with Crippen LogP contribution in [0, 0.1) is 0 Å². The van der Waals surface area contributed by atoms with E-state index < -0.39 is 18.4 Å². The number of carbonyl (C=O) groups excluding carboxylic acids is 1. The molecule has 0 heterocycles. The number of ether oxygens (including phenoxy) is 1. The molecule has 0 radical (unpaired) electrons. The molecule has 0 bridgehead atoms. The van der Waals surface area contributed by atoms with E-state index in [0.29, 0.717) is 6.61 Å². The van der Waals surface area contributed by atoms with Gasteiger partial charge in [0.25, 0.3) is 0 Å². The minimum absolute atomic E-state index is 0.0428. The standard InChI is InChI=1S/C9H13O2.3CH3.Sn/c1-2-11-9(10)8-6-4-3-5-7-8;;;;/h2-6H2,1H3;3*1H3;. The fraction of sp³-hybridized carbons (Fsp3) is 0.750. The van der Waals surface area contributed by atoms with Crippen molar-refractivity contribution < 1.29 is 9.53 Å². The van der Waals surface area contributed by atoms with E-state index in [2.05, 4.69) is 14.8 Å². The molecule has 2 nitrogen and oxygen atoms in total. The summed E-state index contributed by atoms with van der Waals surface area (Å²) < 4.78 is 6.65. The average molecular weight is 317 g/mol. The Balaban J connectivity index is 2.96. The van der Waals surface area contributed by atoms with Crippen LogP contribution in [0.3, 0.4) is 0 Å². The summed E-state index contributed by atoms with van der Waals surface area (Å²) in [5, 5.41) is 0. The molecule has 0 aromatic rings. The van der Waals surface area contributed by atoms with Gasteiger partial charge in [0.05, 0.1) is 0 Å². The first-order chi connectivity index (χ1) is 6.96. The van der Waals surface area contributed by atoms with Gasteiger partial charge < -0.3 is 0 Å². The van der Waals surface area contributed by atoms with Crippen molar-refractivity contribution in [3.63, 3.8) is 0 Å². The van der Waals surface area contributed by atoms with Crippen molar-refractivity contribution in [2.45, 2.75) is 47.4 Å². The van der Waals surface area contributed by atoms with E-state index in [1.54, 1.807) is 0 Å². The summed E-state index contributed by atoms with van der Waals surface area (Å²) in [6.45, 7) is 2.37. The van der Waals surface area contributed by atoms with Crippen LogP contribution in [0.4, 0.5) is 0 Å². The van der Waals surface area contributed by atoms with Crippen LogP contribution in [-0.4, -0.2) is 31.0 Å². The molecule has 15 heavy (non-hydrogen) atoms. The number of rotatable bonds is 3. The molecule has 0 atom stereocenters. The molecule has 0 saturated carbocycles. The Morgan fingerprint density at radius 2 is 1.87 bits per heavy atom. The Bertz CT molecular complexity index is 274. The van der Waals surface area contributed by atoms with Crippen LogP contribution < -0.4 is 0 Å². The van der Waals surface area contributed by atoms with Gasteiger partial charge in [-0.2, -0.15) is 0 Å². The van der Waals surface area contributed by atoms with E-state index in [1.807, 2.05) is 6.92 Å². The molecular formula is C12H22O2Sn. The van der Waals surface area contributed by atoms with Gasteiger partial charge in [0.1, 0.15) is 0 Å². The van der Waals surface area contributed by atoms with Gasteiger partial charge in [-0.25, -0.2) is 0 Å². The zero-order chi connectivity index (χ0) is 11.5. The predicted molar refractivity (Wildman–Crippen MR) is 65.5 cm³/mol. The fourth-order valence-electron chi connectivity index (χ4n) is 2.18. The second kappa shape index (κ2) is 5.37. The number of hydrogen-bond acceptors (Lipinski definition) is 2. The molecule has 0 unspecified atom stereocenters. The van der Waals surface area contributed by atoms with Crippen molar-refractivity contribution in [2.75, 3.05) is 6.61 Å². The van der Waals surface area contributed by atoms with E-state index in [0.717, 1.165) is 24.8 Å². The van der Waals surface area contributed by atoms with Crippen molar-refractivity contribution in [1.29, 1.82) is 0 Å². The van der Waals surface area contributed by atoms with Crippen LogP contribution in [0.15, 0.2) is 9.16 Å². The molecule has 0 saturated heterocycles. The molecule has 0 fully saturated rings. The Morgan fingerprint density at radius 3 is 2.40 bits per heavy atom. The summed E-state index contributed by atoms with van der Waals surface area (Å²) in [7, 11) is 0. The molecule has 0 spiro atoms. The van der Waals surface area contributed by atoms with Gasteiger partial charge in [-0.05, 0) is 0 Å². The maximum atomic E-state index is 11.8. The van der Waals surface area contributed by atoms with E-state index in [4.69, 9.17) is 4.74 Å². The zero-order valence-corrected chi connectivity index (χ0v) is 13.2. The molecule has 1 aliphatic rings. The molecule has 86 valence electrons. The van der Waals surface area contributed by atoms with Crippen LogP contribution in [0.1, 0.15) is 32.6 Å². The first-order valence-corrected chi connectivity index (χ1v) is 15.9. The van der Waals surface area contributed by atoms with Crippen molar-refractivity contribution >= 4 is 24.3 Å². The molecule has 1 aliphatic carbocycles. The van der Waals surface area contributed by atoms with E-state index >= 15 is 0 Å². The monoisotopic (exact) mass is 318 g/mol. The van der Waals surface area contributed by atoms with Crippen LogP contribution in [0.2, 0.25) is 14.8 Å². The third-order valence-electron chi connectivity index (χ3n) is 2.89. The summed E-state index contributed by atoms with van der Waals surface area (Å²) in [5.74, 6) is -0.0428. The van der Waals surface area contributed by atoms with E-state index in [-0.39, 0.29) is 5.97 Å². The molecule has 0 aromatic carbocycles. The summed E-state index contributed by atoms with van der Waals surface area (Å²) in [6, 6.07) is 0. The molecule has 0 N–H and O–H groups in total. The first-order valence-electron chi connectivity index (χ1n) is 5.86. The summed E-state index contributed by atoms with van der Waals surface area (Å²) in [4.78, 5) is 19.0. The van der Waals surface area contributed by atoms with Crippen LogP contribution in [0.25, 0.3) is 0 Å². The minimum atomic E-state index is -2.07.